The summed E-state index contributed by atoms with van der Waals surface area (Å²) < 4.78 is 1.11. The summed E-state index contributed by atoms with van der Waals surface area (Å²) in [6, 6.07) is 10.9. The Balaban J connectivity index is 0.00000192. The summed E-state index contributed by atoms with van der Waals surface area (Å²) in [4.78, 5) is 4.04. The summed E-state index contributed by atoms with van der Waals surface area (Å²) >= 11 is 0. The van der Waals surface area contributed by atoms with E-state index >= 15 is 0 Å². The van der Waals surface area contributed by atoms with Crippen molar-refractivity contribution in [3.05, 3.63) is 35.9 Å². The van der Waals surface area contributed by atoms with Gasteiger partial charge >= 0.3 is 0 Å². The van der Waals surface area contributed by atoms with Crippen molar-refractivity contribution in [1.82, 2.24) is 0 Å². The average Bonchev–Trinajstić information content (AvgIpc) is 2.74. The SMILES string of the molecule is CCCCCCCCCCCCCCCC[N+](C)(C)Cc1ccccc1.CCON. The second-order valence-electron chi connectivity index (χ2n) is 9.35. The van der Waals surface area contributed by atoms with E-state index in [4.69, 9.17) is 0 Å². The van der Waals surface area contributed by atoms with Crippen LogP contribution in [0.4, 0.5) is 0 Å². The molecular weight excluding hydrogens is 368 g/mol. The predicted molar refractivity (Wildman–Crippen MR) is 133 cm³/mol. The lowest BCUT2D eigenvalue weighted by atomic mass is 10.0. The van der Waals surface area contributed by atoms with Gasteiger partial charge in [-0.05, 0) is 19.8 Å². The van der Waals surface area contributed by atoms with Crippen molar-refractivity contribution >= 4 is 0 Å². The van der Waals surface area contributed by atoms with Crippen molar-refractivity contribution in [1.29, 1.82) is 0 Å². The number of nitrogens with zero attached hydrogens (tertiary/aromatic N) is 1. The average molecular weight is 422 g/mol. The molecule has 1 aromatic rings. The third-order valence-electron chi connectivity index (χ3n) is 5.74. The zero-order chi connectivity index (χ0) is 22.3. The van der Waals surface area contributed by atoms with Gasteiger partial charge in [-0.2, -0.15) is 0 Å². The fourth-order valence-electron chi connectivity index (χ4n) is 3.89. The molecule has 3 nitrogen and oxygen atoms in total. The molecule has 0 bridgehead atoms. The quantitative estimate of drug-likeness (QED) is 0.150. The number of hydrogen-bond acceptors (Lipinski definition) is 2. The van der Waals surface area contributed by atoms with Crippen molar-refractivity contribution in [2.45, 2.75) is 110 Å². The van der Waals surface area contributed by atoms with Crippen LogP contribution in [0.15, 0.2) is 30.3 Å². The van der Waals surface area contributed by atoms with Crippen LogP contribution in [-0.2, 0) is 11.4 Å². The Morgan fingerprint density at radius 3 is 1.47 bits per heavy atom. The van der Waals surface area contributed by atoms with Gasteiger partial charge in [-0.1, -0.05) is 114 Å². The molecule has 3 heteroatoms. The highest BCUT2D eigenvalue weighted by Gasteiger charge is 2.14. The number of hydrogen-bond donors (Lipinski definition) is 1. The lowest BCUT2D eigenvalue weighted by Crippen LogP contribution is -2.39. The standard InChI is InChI=1S/C25H46N.C2H7NO/c1-4-5-6-7-8-9-10-11-12-13-14-15-16-20-23-26(2,3)24-25-21-18-17-19-22-25;1-2-4-3/h17-19,21-22H,4-16,20,23-24H2,1-3H3;2-3H2,1H3/q+1;. The number of unbranched alkanes of at least 4 members (excludes halogenated alkanes) is 13. The smallest absolute Gasteiger partial charge is 0.104 e. The van der Waals surface area contributed by atoms with Crippen LogP contribution in [0.25, 0.3) is 0 Å². The number of nitrogens with two attached hydrogens (primary N) is 1. The fourth-order valence-corrected chi connectivity index (χ4v) is 3.89. The van der Waals surface area contributed by atoms with Crippen molar-refractivity contribution in [3.63, 3.8) is 0 Å². The van der Waals surface area contributed by atoms with E-state index in [-0.39, 0.29) is 0 Å². The van der Waals surface area contributed by atoms with E-state index in [1.54, 1.807) is 0 Å². The van der Waals surface area contributed by atoms with E-state index < -0.39 is 0 Å². The summed E-state index contributed by atoms with van der Waals surface area (Å²) in [6.45, 7) is 7.18. The largest absolute Gasteiger partial charge is 0.325 e. The molecule has 0 unspecified atom stereocenters. The molecule has 0 heterocycles. The lowest BCUT2D eigenvalue weighted by molar-refractivity contribution is -0.903. The van der Waals surface area contributed by atoms with Gasteiger partial charge in [0.1, 0.15) is 6.54 Å². The first-order valence-corrected chi connectivity index (χ1v) is 12.7. The zero-order valence-corrected chi connectivity index (χ0v) is 20.8. The Morgan fingerprint density at radius 1 is 0.667 bits per heavy atom. The van der Waals surface area contributed by atoms with Gasteiger partial charge in [0.15, 0.2) is 0 Å². The molecule has 0 atom stereocenters. The molecule has 30 heavy (non-hydrogen) atoms. The highest BCUT2D eigenvalue weighted by atomic mass is 16.6. The molecule has 1 aromatic carbocycles. The van der Waals surface area contributed by atoms with E-state index in [0.717, 1.165) is 11.0 Å². The Kier molecular flexibility index (Phi) is 20.7. The molecule has 2 N–H and O–H groups in total. The normalized spacial score (nSPS) is 11.2. The van der Waals surface area contributed by atoms with Crippen LogP contribution < -0.4 is 5.90 Å². The topological polar surface area (TPSA) is 35.2 Å². The van der Waals surface area contributed by atoms with Gasteiger partial charge in [-0.25, -0.2) is 5.90 Å². The molecule has 0 amide bonds. The van der Waals surface area contributed by atoms with E-state index in [9.17, 15) is 0 Å². The number of rotatable bonds is 18. The maximum absolute atomic E-state index is 4.53. The van der Waals surface area contributed by atoms with Crippen LogP contribution >= 0.6 is 0 Å². The van der Waals surface area contributed by atoms with Gasteiger partial charge in [0.25, 0.3) is 0 Å². The second kappa shape index (κ2) is 21.3. The Morgan fingerprint density at radius 2 is 1.07 bits per heavy atom. The molecule has 0 fully saturated rings. The van der Waals surface area contributed by atoms with Gasteiger partial charge < -0.3 is 9.32 Å². The van der Waals surface area contributed by atoms with Crippen LogP contribution in [0.5, 0.6) is 0 Å². The molecule has 0 aliphatic heterocycles. The minimum Gasteiger partial charge on any atom is -0.325 e. The lowest BCUT2D eigenvalue weighted by Gasteiger charge is -2.30. The van der Waals surface area contributed by atoms with Crippen LogP contribution in [0.3, 0.4) is 0 Å². The van der Waals surface area contributed by atoms with E-state index in [1.165, 1.54) is 102 Å². The minimum absolute atomic E-state index is 0.597. The molecule has 0 radical (unpaired) electrons. The molecule has 0 aliphatic rings. The molecule has 0 spiro atoms. The maximum atomic E-state index is 4.53. The molecular formula is C27H53N2O+. The van der Waals surface area contributed by atoms with Crippen LogP contribution in [0.1, 0.15) is 109 Å². The fraction of sp³-hybridized carbons (Fsp3) is 0.778. The van der Waals surface area contributed by atoms with E-state index in [1.807, 2.05) is 6.92 Å². The molecule has 0 aliphatic carbocycles. The summed E-state index contributed by atoms with van der Waals surface area (Å²) in [6.07, 6.45) is 20.2. The van der Waals surface area contributed by atoms with Crippen LogP contribution in [0, 0.1) is 0 Å². The molecule has 0 saturated heterocycles. The first-order chi connectivity index (χ1) is 14.6. The van der Waals surface area contributed by atoms with Gasteiger partial charge in [0.2, 0.25) is 0 Å². The maximum Gasteiger partial charge on any atom is 0.104 e. The summed E-state index contributed by atoms with van der Waals surface area (Å²) in [7, 11) is 4.74. The highest BCUT2D eigenvalue weighted by Crippen LogP contribution is 2.14. The van der Waals surface area contributed by atoms with Crippen LogP contribution in [0.2, 0.25) is 0 Å². The summed E-state index contributed by atoms with van der Waals surface area (Å²) in [5.74, 6) is 4.53. The third-order valence-corrected chi connectivity index (χ3v) is 5.74. The third kappa shape index (κ3) is 20.4. The summed E-state index contributed by atoms with van der Waals surface area (Å²) in [5.41, 5.74) is 1.46. The highest BCUT2D eigenvalue weighted by molar-refractivity contribution is 5.13. The molecule has 0 aromatic heterocycles. The van der Waals surface area contributed by atoms with Crippen molar-refractivity contribution in [3.8, 4) is 0 Å². The molecule has 0 saturated carbocycles. The second-order valence-corrected chi connectivity index (χ2v) is 9.35. The van der Waals surface area contributed by atoms with Crippen LogP contribution in [-0.4, -0.2) is 31.7 Å². The number of benzene rings is 1. The van der Waals surface area contributed by atoms with Gasteiger partial charge in [-0.15, -0.1) is 0 Å². The predicted octanol–water partition coefficient (Wildman–Crippen LogP) is 7.64. The summed E-state index contributed by atoms with van der Waals surface area (Å²) in [5, 5.41) is 0. The monoisotopic (exact) mass is 421 g/mol. The van der Waals surface area contributed by atoms with Crippen molar-refractivity contribution < 1.29 is 9.32 Å². The molecule has 1 rings (SSSR count). The first kappa shape index (κ1) is 29.1. The van der Waals surface area contributed by atoms with Crippen molar-refractivity contribution in [2.24, 2.45) is 5.90 Å². The minimum atomic E-state index is 0.597. The Bertz CT molecular complexity index is 445. The number of quaternary nitrogens is 1. The molecule has 176 valence electrons. The van der Waals surface area contributed by atoms with Gasteiger partial charge in [0.05, 0.1) is 27.2 Å². The van der Waals surface area contributed by atoms with E-state index in [0.29, 0.717) is 6.61 Å². The van der Waals surface area contributed by atoms with Crippen molar-refractivity contribution in [2.75, 3.05) is 27.2 Å². The van der Waals surface area contributed by atoms with Gasteiger partial charge in [0, 0.05) is 5.56 Å². The Hall–Kier alpha value is -0.900. The van der Waals surface area contributed by atoms with Gasteiger partial charge in [-0.3, -0.25) is 0 Å². The first-order valence-electron chi connectivity index (χ1n) is 12.7. The van der Waals surface area contributed by atoms with E-state index in [2.05, 4.69) is 62.1 Å². The Labute approximate surface area is 188 Å². The zero-order valence-electron chi connectivity index (χ0n) is 20.8.